The van der Waals surface area contributed by atoms with Gasteiger partial charge < -0.3 is 4.57 Å². The quantitative estimate of drug-likeness (QED) is 0.147. The largest absolute Gasteiger partial charge is 0.309 e. The van der Waals surface area contributed by atoms with Gasteiger partial charge in [0.2, 0.25) is 5.95 Å². The molecule has 264 valence electrons. The third-order valence-electron chi connectivity index (χ3n) is 10.5. The van der Waals surface area contributed by atoms with E-state index in [9.17, 15) is 0 Å². The highest BCUT2D eigenvalue weighted by Crippen LogP contribution is 2.38. The average Bonchev–Trinajstić information content (AvgIpc) is 3.78. The third kappa shape index (κ3) is 5.53. The summed E-state index contributed by atoms with van der Waals surface area (Å²) in [6.45, 7) is 7.93. The van der Waals surface area contributed by atoms with E-state index in [0.29, 0.717) is 17.6 Å². The van der Waals surface area contributed by atoms with Crippen LogP contribution in [0, 0.1) is 0 Å². The van der Waals surface area contributed by atoms with E-state index in [0.717, 1.165) is 49.8 Å². The molecular weight excluding hydrogens is 683 g/mol. The van der Waals surface area contributed by atoms with Crippen molar-refractivity contribution in [1.82, 2.24) is 24.1 Å². The minimum absolute atomic E-state index is 0.533. The van der Waals surface area contributed by atoms with E-state index in [1.807, 2.05) is 36.4 Å². The third-order valence-corrected chi connectivity index (χ3v) is 10.5. The van der Waals surface area contributed by atoms with E-state index >= 15 is 0 Å². The number of aromatic nitrogens is 5. The van der Waals surface area contributed by atoms with Gasteiger partial charge in [0, 0.05) is 38.4 Å². The van der Waals surface area contributed by atoms with Crippen molar-refractivity contribution in [3.63, 3.8) is 0 Å². The lowest BCUT2D eigenvalue weighted by atomic mass is 10.0. The molecule has 0 spiro atoms. The van der Waals surface area contributed by atoms with Crippen LogP contribution in [0.4, 0.5) is 0 Å². The maximum absolute atomic E-state index is 5.07. The summed E-state index contributed by atoms with van der Waals surface area (Å²) in [5.74, 6) is 1.66. The average molecular weight is 718 g/mol. The summed E-state index contributed by atoms with van der Waals surface area (Å²) in [6.07, 6.45) is 5.35. The highest BCUT2D eigenvalue weighted by atomic mass is 15.2. The molecule has 7 aromatic carbocycles. The van der Waals surface area contributed by atoms with Crippen molar-refractivity contribution in [2.75, 3.05) is 0 Å². The summed E-state index contributed by atoms with van der Waals surface area (Å²) in [4.78, 5) is 15.0. The molecule has 0 saturated carbocycles. The molecular formula is C51H35N5. The van der Waals surface area contributed by atoms with Gasteiger partial charge >= 0.3 is 0 Å². The molecule has 56 heavy (non-hydrogen) atoms. The summed E-state index contributed by atoms with van der Waals surface area (Å²) >= 11 is 0. The molecule has 0 aliphatic carbocycles. The zero-order valence-corrected chi connectivity index (χ0v) is 30.5. The molecule has 10 rings (SSSR count). The monoisotopic (exact) mass is 717 g/mol. The Morgan fingerprint density at radius 2 is 0.929 bits per heavy atom. The molecule has 0 bridgehead atoms. The summed E-state index contributed by atoms with van der Waals surface area (Å²) in [7, 11) is 0. The van der Waals surface area contributed by atoms with E-state index in [-0.39, 0.29) is 0 Å². The second-order valence-corrected chi connectivity index (χ2v) is 13.8. The number of fused-ring (bicyclic) bond motifs is 6. The molecule has 0 radical (unpaired) electrons. The van der Waals surface area contributed by atoms with Crippen molar-refractivity contribution < 1.29 is 0 Å². The lowest BCUT2D eigenvalue weighted by Crippen LogP contribution is -2.07. The molecule has 3 heterocycles. The molecule has 0 N–H and O–H groups in total. The second-order valence-electron chi connectivity index (χ2n) is 13.8. The van der Waals surface area contributed by atoms with Gasteiger partial charge in [-0.3, -0.25) is 4.57 Å². The normalized spacial score (nSPS) is 11.8. The van der Waals surface area contributed by atoms with Crippen LogP contribution in [0.2, 0.25) is 0 Å². The van der Waals surface area contributed by atoms with E-state index in [2.05, 4.69) is 162 Å². The number of benzene rings is 7. The van der Waals surface area contributed by atoms with E-state index in [4.69, 9.17) is 15.0 Å². The van der Waals surface area contributed by atoms with Crippen LogP contribution in [0.1, 0.15) is 5.82 Å². The van der Waals surface area contributed by atoms with Crippen LogP contribution < -0.4 is 0 Å². The highest BCUT2D eigenvalue weighted by molar-refractivity contribution is 6.12. The Bertz CT molecular complexity index is 3150. The van der Waals surface area contributed by atoms with Crippen LogP contribution in [-0.2, 0) is 0 Å². The predicted octanol–water partition coefficient (Wildman–Crippen LogP) is 12.8. The summed E-state index contributed by atoms with van der Waals surface area (Å²) in [6, 6.07) is 60.0. The fraction of sp³-hybridized carbons (Fsp3) is 0. The Morgan fingerprint density at radius 1 is 0.429 bits per heavy atom. The summed E-state index contributed by atoms with van der Waals surface area (Å²) < 4.78 is 4.51. The van der Waals surface area contributed by atoms with Gasteiger partial charge in [0.15, 0.2) is 11.6 Å². The minimum atomic E-state index is 0.533. The number of hydrogen-bond donors (Lipinski definition) is 0. The molecule has 0 aliphatic heterocycles. The minimum Gasteiger partial charge on any atom is -0.309 e. The van der Waals surface area contributed by atoms with Crippen molar-refractivity contribution in [2.24, 2.45) is 0 Å². The van der Waals surface area contributed by atoms with Gasteiger partial charge in [-0.25, -0.2) is 4.98 Å². The fourth-order valence-electron chi connectivity index (χ4n) is 7.90. The Balaban J connectivity index is 1.12. The van der Waals surface area contributed by atoms with Crippen LogP contribution in [0.5, 0.6) is 0 Å². The first-order valence-electron chi connectivity index (χ1n) is 18.7. The first kappa shape index (κ1) is 33.0. The topological polar surface area (TPSA) is 48.5 Å². The smallest absolute Gasteiger partial charge is 0.238 e. The molecule has 10 aromatic rings. The van der Waals surface area contributed by atoms with Crippen molar-refractivity contribution in [3.8, 4) is 45.3 Å². The zero-order chi connectivity index (χ0) is 37.6. The van der Waals surface area contributed by atoms with Gasteiger partial charge in [0.25, 0.3) is 0 Å². The van der Waals surface area contributed by atoms with Gasteiger partial charge in [0.1, 0.15) is 0 Å². The lowest BCUT2D eigenvalue weighted by molar-refractivity contribution is 0.932. The molecule has 0 aliphatic rings. The van der Waals surface area contributed by atoms with Gasteiger partial charge in [-0.2, -0.15) is 9.97 Å². The number of rotatable bonds is 8. The van der Waals surface area contributed by atoms with Crippen LogP contribution >= 0.6 is 0 Å². The van der Waals surface area contributed by atoms with Gasteiger partial charge in [-0.05, 0) is 70.8 Å². The van der Waals surface area contributed by atoms with Crippen LogP contribution in [-0.4, -0.2) is 24.1 Å². The SMILES string of the molecule is C=C/C=C(\C=C)c1nc(-c2ccccc2)nc(-n2c3ccccc3c3cc(-c4ccc5c(c4)c4ccccc4n5-c4ccc(-c5ccccc5)cc4)ccc32)n1. The van der Waals surface area contributed by atoms with Crippen molar-refractivity contribution >= 4 is 49.2 Å². The summed E-state index contributed by atoms with van der Waals surface area (Å²) in [5.41, 5.74) is 11.9. The van der Waals surface area contributed by atoms with Gasteiger partial charge in [-0.15, -0.1) is 0 Å². The number of nitrogens with zero attached hydrogens (tertiary/aromatic N) is 5. The summed E-state index contributed by atoms with van der Waals surface area (Å²) in [5, 5.41) is 4.67. The molecule has 0 unspecified atom stereocenters. The molecule has 5 heteroatoms. The molecule has 0 fully saturated rings. The second kappa shape index (κ2) is 13.7. The van der Waals surface area contributed by atoms with Crippen molar-refractivity contribution in [1.29, 1.82) is 0 Å². The molecule has 3 aromatic heterocycles. The predicted molar refractivity (Wildman–Crippen MR) is 233 cm³/mol. The Labute approximate surface area is 324 Å². The highest BCUT2D eigenvalue weighted by Gasteiger charge is 2.19. The van der Waals surface area contributed by atoms with Crippen molar-refractivity contribution in [2.45, 2.75) is 0 Å². The number of hydrogen-bond acceptors (Lipinski definition) is 3. The van der Waals surface area contributed by atoms with Crippen LogP contribution in [0.25, 0.3) is 94.5 Å². The fourth-order valence-corrected chi connectivity index (χ4v) is 7.90. The lowest BCUT2D eigenvalue weighted by Gasteiger charge is -2.11. The number of allylic oxidation sites excluding steroid dienone is 4. The van der Waals surface area contributed by atoms with Gasteiger partial charge in [0.05, 0.1) is 22.1 Å². The first-order valence-corrected chi connectivity index (χ1v) is 18.7. The van der Waals surface area contributed by atoms with E-state index in [1.54, 1.807) is 12.2 Å². The Morgan fingerprint density at radius 3 is 1.54 bits per heavy atom. The maximum atomic E-state index is 5.07. The Hall–Kier alpha value is -7.63. The van der Waals surface area contributed by atoms with Crippen LogP contribution in [0.15, 0.2) is 201 Å². The molecule has 0 saturated heterocycles. The van der Waals surface area contributed by atoms with E-state index in [1.165, 1.54) is 32.9 Å². The Kier molecular flexibility index (Phi) is 8.04. The molecule has 5 nitrogen and oxygen atoms in total. The first-order chi connectivity index (χ1) is 27.7. The maximum Gasteiger partial charge on any atom is 0.238 e. The van der Waals surface area contributed by atoms with Gasteiger partial charge in [-0.1, -0.05) is 153 Å². The molecule has 0 amide bonds. The number of para-hydroxylation sites is 2. The van der Waals surface area contributed by atoms with E-state index < -0.39 is 0 Å². The standard InChI is InChI=1S/C51H35N5/c1-3-15-34(4-2)49-52-50(37-18-9-6-10-19-37)54-51(53-49)56-46-23-14-12-21-42(46)44-33-39(27-31-48(44)56)38-26-30-47-43(32-38)41-20-11-13-22-45(41)55(47)40-28-24-36(25-29-40)35-16-7-5-8-17-35/h3-33H,1-2H2/b34-15+. The zero-order valence-electron chi connectivity index (χ0n) is 30.5. The molecule has 0 atom stereocenters. The van der Waals surface area contributed by atoms with Crippen LogP contribution in [0.3, 0.4) is 0 Å². The van der Waals surface area contributed by atoms with Crippen molar-refractivity contribution in [3.05, 3.63) is 207 Å².